The third-order valence-electron chi connectivity index (χ3n) is 5.30. The van der Waals surface area contributed by atoms with Gasteiger partial charge in [0.15, 0.2) is 0 Å². The van der Waals surface area contributed by atoms with Crippen LogP contribution in [0.3, 0.4) is 0 Å². The van der Waals surface area contributed by atoms with Crippen molar-refractivity contribution < 1.29 is 9.59 Å². The van der Waals surface area contributed by atoms with Gasteiger partial charge in [-0.2, -0.15) is 0 Å². The molecule has 1 unspecified atom stereocenters. The van der Waals surface area contributed by atoms with Crippen LogP contribution in [0, 0.1) is 5.41 Å². The first-order valence-corrected chi connectivity index (χ1v) is 8.50. The molecule has 1 saturated carbocycles. The van der Waals surface area contributed by atoms with Gasteiger partial charge in [0, 0.05) is 24.9 Å². The molecule has 0 aromatic rings. The number of dihydropyridines is 1. The maximum Gasteiger partial charge on any atom is 0.225 e. The van der Waals surface area contributed by atoms with Crippen LogP contribution in [0.2, 0.25) is 0 Å². The minimum atomic E-state index is 0.0148. The Balaban J connectivity index is 1.41. The van der Waals surface area contributed by atoms with Crippen LogP contribution in [-0.2, 0) is 9.59 Å². The van der Waals surface area contributed by atoms with E-state index in [1.165, 1.54) is 25.7 Å². The first-order chi connectivity index (χ1) is 11.1. The fourth-order valence-electron chi connectivity index (χ4n) is 3.36. The maximum absolute atomic E-state index is 12.1. The Morgan fingerprint density at radius 3 is 2.78 bits per heavy atom. The van der Waals surface area contributed by atoms with Gasteiger partial charge in [0.05, 0.1) is 11.7 Å². The molecule has 3 aliphatic rings. The molecular weight excluding hydrogens is 292 g/mol. The van der Waals surface area contributed by atoms with Gasteiger partial charge in [-0.15, -0.1) is 0 Å². The predicted molar refractivity (Wildman–Crippen MR) is 88.1 cm³/mol. The zero-order valence-corrected chi connectivity index (χ0v) is 13.7. The number of allylic oxidation sites excluding steroid dienone is 1. The second-order valence-corrected chi connectivity index (χ2v) is 6.99. The lowest BCUT2D eigenvalue weighted by atomic mass is 9.94. The van der Waals surface area contributed by atoms with Crippen molar-refractivity contribution in [3.63, 3.8) is 0 Å². The van der Waals surface area contributed by atoms with Crippen LogP contribution >= 0.6 is 0 Å². The standard InChI is InChI=1S/C17H26N4O2/c1-13-15(19-12-22)10-14(11-18-13)20-16(23)2-7-21-8-5-17(3-4-17)6-9-21/h10-13,18H,2-9H2,1H3,(H,19,22)(H,20,23). The average Bonchev–Trinajstić information content (AvgIpc) is 3.30. The molecule has 23 heavy (non-hydrogen) atoms. The average molecular weight is 318 g/mol. The van der Waals surface area contributed by atoms with Crippen molar-refractivity contribution in [3.05, 3.63) is 23.7 Å². The Morgan fingerprint density at radius 2 is 2.13 bits per heavy atom. The van der Waals surface area contributed by atoms with Crippen molar-refractivity contribution in [2.75, 3.05) is 19.6 Å². The smallest absolute Gasteiger partial charge is 0.225 e. The molecule has 6 nitrogen and oxygen atoms in total. The Morgan fingerprint density at radius 1 is 1.39 bits per heavy atom. The molecule has 0 radical (unpaired) electrons. The van der Waals surface area contributed by atoms with Gasteiger partial charge in [0.25, 0.3) is 0 Å². The topological polar surface area (TPSA) is 73.5 Å². The zero-order valence-electron chi connectivity index (χ0n) is 13.7. The molecule has 3 N–H and O–H groups in total. The normalized spacial score (nSPS) is 25.9. The highest BCUT2D eigenvalue weighted by Gasteiger charge is 2.44. The number of piperidine rings is 1. The number of carbonyl (C=O) groups excluding carboxylic acids is 2. The summed E-state index contributed by atoms with van der Waals surface area (Å²) in [5.74, 6) is 0.0148. The van der Waals surface area contributed by atoms with Crippen molar-refractivity contribution in [3.8, 4) is 0 Å². The van der Waals surface area contributed by atoms with Crippen molar-refractivity contribution in [1.29, 1.82) is 0 Å². The van der Waals surface area contributed by atoms with Crippen molar-refractivity contribution in [1.82, 2.24) is 20.9 Å². The first-order valence-electron chi connectivity index (χ1n) is 8.50. The fourth-order valence-corrected chi connectivity index (χ4v) is 3.36. The van der Waals surface area contributed by atoms with E-state index >= 15 is 0 Å². The van der Waals surface area contributed by atoms with Crippen molar-refractivity contribution >= 4 is 12.3 Å². The highest BCUT2D eigenvalue weighted by atomic mass is 16.1. The lowest BCUT2D eigenvalue weighted by Crippen LogP contribution is -2.38. The molecule has 2 heterocycles. The summed E-state index contributed by atoms with van der Waals surface area (Å²) in [4.78, 5) is 25.1. The lowest BCUT2D eigenvalue weighted by Gasteiger charge is -2.31. The number of rotatable bonds is 6. The molecule has 126 valence electrons. The molecule has 6 heteroatoms. The van der Waals surface area contributed by atoms with Gasteiger partial charge in [0.1, 0.15) is 0 Å². The third kappa shape index (κ3) is 4.13. The lowest BCUT2D eigenvalue weighted by molar-refractivity contribution is -0.120. The van der Waals surface area contributed by atoms with Crippen molar-refractivity contribution in [2.45, 2.75) is 45.1 Å². The predicted octanol–water partition coefficient (Wildman–Crippen LogP) is 0.832. The highest BCUT2D eigenvalue weighted by molar-refractivity contribution is 5.78. The number of hydrogen-bond acceptors (Lipinski definition) is 4. The van der Waals surface area contributed by atoms with E-state index < -0.39 is 0 Å². The molecule has 2 fully saturated rings. The highest BCUT2D eigenvalue weighted by Crippen LogP contribution is 2.53. The second-order valence-electron chi connectivity index (χ2n) is 6.99. The monoisotopic (exact) mass is 318 g/mol. The summed E-state index contributed by atoms with van der Waals surface area (Å²) >= 11 is 0. The van der Waals surface area contributed by atoms with Crippen LogP contribution in [0.1, 0.15) is 39.0 Å². The van der Waals surface area contributed by atoms with Crippen LogP contribution in [-0.4, -0.2) is 42.9 Å². The summed E-state index contributed by atoms with van der Waals surface area (Å²) in [7, 11) is 0. The summed E-state index contributed by atoms with van der Waals surface area (Å²) in [6.07, 6.45) is 10.1. The molecule has 1 aliphatic carbocycles. The number of nitrogens with one attached hydrogen (secondary N) is 3. The first kappa shape index (κ1) is 16.1. The van der Waals surface area contributed by atoms with Crippen LogP contribution in [0.5, 0.6) is 0 Å². The summed E-state index contributed by atoms with van der Waals surface area (Å²) in [6, 6.07) is 0.0314. The molecule has 1 spiro atoms. The molecule has 1 atom stereocenters. The van der Waals surface area contributed by atoms with Gasteiger partial charge < -0.3 is 20.9 Å². The van der Waals surface area contributed by atoms with E-state index in [4.69, 9.17) is 0 Å². The van der Waals surface area contributed by atoms with E-state index in [1.54, 1.807) is 12.3 Å². The largest absolute Gasteiger partial charge is 0.381 e. The van der Waals surface area contributed by atoms with Gasteiger partial charge in [-0.25, -0.2) is 0 Å². The van der Waals surface area contributed by atoms with Crippen LogP contribution in [0.25, 0.3) is 0 Å². The van der Waals surface area contributed by atoms with Crippen LogP contribution < -0.4 is 16.0 Å². The summed E-state index contributed by atoms with van der Waals surface area (Å²) < 4.78 is 0. The van der Waals surface area contributed by atoms with Gasteiger partial charge in [-0.05, 0) is 57.2 Å². The molecule has 0 aromatic heterocycles. The van der Waals surface area contributed by atoms with E-state index in [1.807, 2.05) is 6.92 Å². The Bertz CT molecular complexity index is 527. The van der Waals surface area contributed by atoms with Gasteiger partial charge in [0.2, 0.25) is 12.3 Å². The number of amides is 2. The van der Waals surface area contributed by atoms with Gasteiger partial charge >= 0.3 is 0 Å². The molecule has 2 amide bonds. The number of hydrogen-bond donors (Lipinski definition) is 3. The van der Waals surface area contributed by atoms with Gasteiger partial charge in [-0.1, -0.05) is 0 Å². The van der Waals surface area contributed by atoms with E-state index in [-0.39, 0.29) is 11.9 Å². The molecular formula is C17H26N4O2. The van der Waals surface area contributed by atoms with Crippen molar-refractivity contribution in [2.24, 2.45) is 5.41 Å². The van der Waals surface area contributed by atoms with Crippen LogP contribution in [0.15, 0.2) is 23.7 Å². The minimum Gasteiger partial charge on any atom is -0.381 e. The zero-order chi connectivity index (χ0) is 16.3. The maximum atomic E-state index is 12.1. The fraction of sp³-hybridized carbons (Fsp3) is 0.647. The molecule has 0 bridgehead atoms. The number of carbonyl (C=O) groups is 2. The Hall–Kier alpha value is -1.82. The number of nitrogens with zero attached hydrogens (tertiary/aromatic N) is 1. The Kier molecular flexibility index (Phi) is 4.71. The summed E-state index contributed by atoms with van der Waals surface area (Å²) in [5.41, 5.74) is 2.12. The molecule has 0 aromatic carbocycles. The summed E-state index contributed by atoms with van der Waals surface area (Å²) in [5, 5.41) is 8.67. The van der Waals surface area contributed by atoms with Crippen LogP contribution in [0.4, 0.5) is 0 Å². The van der Waals surface area contributed by atoms with E-state index in [0.29, 0.717) is 23.9 Å². The summed E-state index contributed by atoms with van der Waals surface area (Å²) in [6.45, 7) is 5.02. The Labute approximate surface area is 137 Å². The van der Waals surface area contributed by atoms with E-state index in [9.17, 15) is 9.59 Å². The van der Waals surface area contributed by atoms with Gasteiger partial charge in [-0.3, -0.25) is 9.59 Å². The van der Waals surface area contributed by atoms with E-state index in [0.717, 1.165) is 25.3 Å². The molecule has 3 rings (SSSR count). The van der Waals surface area contributed by atoms with E-state index in [2.05, 4.69) is 20.9 Å². The quantitative estimate of drug-likeness (QED) is 0.634. The third-order valence-corrected chi connectivity index (χ3v) is 5.30. The SMILES string of the molecule is CC1NC=C(NC(=O)CCN2CCC3(CC2)CC3)C=C1NC=O. The number of likely N-dealkylation sites (tertiary alicyclic amines) is 1. The molecule has 2 aliphatic heterocycles. The second kappa shape index (κ2) is 6.74. The minimum absolute atomic E-state index is 0.0148. The molecule has 1 saturated heterocycles.